The third-order valence-electron chi connectivity index (χ3n) is 5.54. The van der Waals surface area contributed by atoms with Gasteiger partial charge in [-0.25, -0.2) is 9.97 Å². The zero-order valence-electron chi connectivity index (χ0n) is 15.8. The van der Waals surface area contributed by atoms with E-state index in [1.165, 1.54) is 37.4 Å². The van der Waals surface area contributed by atoms with Gasteiger partial charge < -0.3 is 9.72 Å². The number of hydrogen-bond acceptors (Lipinski definition) is 5. The summed E-state index contributed by atoms with van der Waals surface area (Å²) >= 11 is 1.62. The van der Waals surface area contributed by atoms with Crippen LogP contribution in [0, 0.1) is 0 Å². The Morgan fingerprint density at radius 1 is 1.10 bits per heavy atom. The van der Waals surface area contributed by atoms with E-state index in [0.717, 1.165) is 27.6 Å². The number of nitrogens with zero attached hydrogens (tertiary/aromatic N) is 3. The predicted octanol–water partition coefficient (Wildman–Crippen LogP) is 4.50. The van der Waals surface area contributed by atoms with Gasteiger partial charge in [0.25, 0.3) is 5.56 Å². The van der Waals surface area contributed by atoms with Gasteiger partial charge in [0.2, 0.25) is 0 Å². The van der Waals surface area contributed by atoms with E-state index in [-0.39, 0.29) is 5.56 Å². The summed E-state index contributed by atoms with van der Waals surface area (Å²) in [5.41, 5.74) is 3.78. The number of fused-ring (bicyclic) bond motifs is 1. The maximum absolute atomic E-state index is 12.7. The number of benzene rings is 1. The lowest BCUT2D eigenvalue weighted by Gasteiger charge is -2.08. The monoisotopic (exact) mass is 404 g/mol. The standard InChI is InChI=1S/C22H20N4O2S/c27-21-10-16(28-11-20-23-19(12-29-20)13-1-2-13)7-8-26(21)15-5-6-17-18(9-15)25-22(24-17)14-3-4-14/h5-10,12-14H,1-4,11H2,(H,24,25). The Bertz CT molecular complexity index is 1260. The Kier molecular flexibility index (Phi) is 3.84. The second-order valence-corrected chi connectivity index (χ2v) is 8.84. The number of imidazole rings is 1. The van der Waals surface area contributed by atoms with Gasteiger partial charge in [-0.3, -0.25) is 9.36 Å². The van der Waals surface area contributed by atoms with Crippen molar-refractivity contribution in [3.8, 4) is 11.4 Å². The number of aromatic amines is 1. The highest BCUT2D eigenvalue weighted by molar-refractivity contribution is 7.09. The van der Waals surface area contributed by atoms with E-state index in [9.17, 15) is 4.79 Å². The molecule has 2 aliphatic rings. The Morgan fingerprint density at radius 2 is 1.97 bits per heavy atom. The molecule has 3 heterocycles. The molecule has 6 rings (SSSR count). The number of rotatable bonds is 6. The molecule has 29 heavy (non-hydrogen) atoms. The summed E-state index contributed by atoms with van der Waals surface area (Å²) in [6.45, 7) is 0.394. The van der Waals surface area contributed by atoms with Crippen molar-refractivity contribution in [3.63, 3.8) is 0 Å². The molecule has 0 amide bonds. The second-order valence-electron chi connectivity index (χ2n) is 7.90. The minimum Gasteiger partial charge on any atom is -0.486 e. The summed E-state index contributed by atoms with van der Waals surface area (Å²) in [5.74, 6) is 2.84. The second kappa shape index (κ2) is 6.56. The van der Waals surface area contributed by atoms with Crippen molar-refractivity contribution in [2.24, 2.45) is 0 Å². The first-order valence-corrected chi connectivity index (χ1v) is 10.9. The predicted molar refractivity (Wildman–Crippen MR) is 112 cm³/mol. The molecule has 0 radical (unpaired) electrons. The van der Waals surface area contributed by atoms with Crippen LogP contribution in [0.5, 0.6) is 5.75 Å². The lowest BCUT2D eigenvalue weighted by atomic mass is 10.2. The molecular formula is C22H20N4O2S. The molecule has 146 valence electrons. The first-order valence-electron chi connectivity index (χ1n) is 10.0. The first kappa shape index (κ1) is 17.0. The topological polar surface area (TPSA) is 72.8 Å². The van der Waals surface area contributed by atoms with E-state index in [4.69, 9.17) is 4.74 Å². The van der Waals surface area contributed by atoms with Gasteiger partial charge in [-0.15, -0.1) is 11.3 Å². The lowest BCUT2D eigenvalue weighted by Crippen LogP contribution is -2.16. The molecule has 0 spiro atoms. The molecule has 2 saturated carbocycles. The molecule has 2 fully saturated rings. The van der Waals surface area contributed by atoms with Crippen LogP contribution in [0.2, 0.25) is 0 Å². The van der Waals surface area contributed by atoms with Crippen LogP contribution < -0.4 is 10.3 Å². The highest BCUT2D eigenvalue weighted by Gasteiger charge is 2.27. The van der Waals surface area contributed by atoms with Crippen molar-refractivity contribution in [1.82, 2.24) is 19.5 Å². The lowest BCUT2D eigenvalue weighted by molar-refractivity contribution is 0.304. The number of hydrogen-bond donors (Lipinski definition) is 1. The van der Waals surface area contributed by atoms with Crippen LogP contribution in [-0.2, 0) is 6.61 Å². The summed E-state index contributed by atoms with van der Waals surface area (Å²) in [6.07, 6.45) is 6.66. The molecular weight excluding hydrogens is 384 g/mol. The summed E-state index contributed by atoms with van der Waals surface area (Å²) in [6, 6.07) is 9.22. The quantitative estimate of drug-likeness (QED) is 0.513. The molecule has 4 aromatic rings. The van der Waals surface area contributed by atoms with Gasteiger partial charge in [-0.2, -0.15) is 0 Å². The summed E-state index contributed by atoms with van der Waals surface area (Å²) in [5, 5.41) is 3.07. The van der Waals surface area contributed by atoms with E-state index in [1.807, 2.05) is 24.3 Å². The molecule has 0 aliphatic heterocycles. The van der Waals surface area contributed by atoms with Gasteiger partial charge in [0.05, 0.1) is 22.4 Å². The maximum Gasteiger partial charge on any atom is 0.258 e. The van der Waals surface area contributed by atoms with E-state index in [0.29, 0.717) is 24.2 Å². The largest absolute Gasteiger partial charge is 0.486 e. The van der Waals surface area contributed by atoms with Crippen molar-refractivity contribution in [2.45, 2.75) is 44.1 Å². The Morgan fingerprint density at radius 3 is 2.76 bits per heavy atom. The van der Waals surface area contributed by atoms with E-state index in [2.05, 4.69) is 20.3 Å². The maximum atomic E-state index is 12.7. The van der Waals surface area contributed by atoms with Crippen LogP contribution in [-0.4, -0.2) is 19.5 Å². The number of nitrogens with one attached hydrogen (secondary N) is 1. The molecule has 0 unspecified atom stereocenters. The van der Waals surface area contributed by atoms with Crippen LogP contribution in [0.15, 0.2) is 46.7 Å². The molecule has 2 aliphatic carbocycles. The molecule has 1 N–H and O–H groups in total. The van der Waals surface area contributed by atoms with E-state index in [1.54, 1.807) is 22.1 Å². The van der Waals surface area contributed by atoms with E-state index >= 15 is 0 Å². The van der Waals surface area contributed by atoms with Crippen molar-refractivity contribution >= 4 is 22.4 Å². The molecule has 1 aromatic carbocycles. The molecule has 6 nitrogen and oxygen atoms in total. The SMILES string of the molecule is O=c1cc(OCc2nc(C3CC3)cs2)ccn1-c1ccc2nc(C3CC3)[nH]c2c1. The Hall–Kier alpha value is -2.93. The molecule has 0 bridgehead atoms. The van der Waals surface area contributed by atoms with Gasteiger partial charge in [0.1, 0.15) is 23.2 Å². The highest BCUT2D eigenvalue weighted by Crippen LogP contribution is 2.40. The van der Waals surface area contributed by atoms with Gasteiger partial charge in [0, 0.05) is 29.5 Å². The third kappa shape index (κ3) is 3.35. The third-order valence-corrected chi connectivity index (χ3v) is 6.39. The molecule has 3 aromatic heterocycles. The summed E-state index contributed by atoms with van der Waals surface area (Å²) < 4.78 is 7.43. The van der Waals surface area contributed by atoms with Crippen molar-refractivity contribution in [1.29, 1.82) is 0 Å². The average molecular weight is 404 g/mol. The van der Waals surface area contributed by atoms with Gasteiger partial charge >= 0.3 is 0 Å². The Balaban J connectivity index is 1.21. The number of aromatic nitrogens is 4. The van der Waals surface area contributed by atoms with Crippen molar-refractivity contribution < 1.29 is 4.74 Å². The van der Waals surface area contributed by atoms with Crippen molar-refractivity contribution in [3.05, 3.63) is 68.8 Å². The fourth-order valence-electron chi connectivity index (χ4n) is 3.58. The number of thiazole rings is 1. The first-order chi connectivity index (χ1) is 14.2. The minimum absolute atomic E-state index is 0.124. The van der Waals surface area contributed by atoms with Crippen LogP contribution in [0.3, 0.4) is 0 Å². The summed E-state index contributed by atoms with van der Waals surface area (Å²) in [7, 11) is 0. The normalized spacial score (nSPS) is 16.4. The average Bonchev–Trinajstić information content (AvgIpc) is 3.66. The fraction of sp³-hybridized carbons (Fsp3) is 0.318. The number of pyridine rings is 1. The smallest absolute Gasteiger partial charge is 0.258 e. The molecule has 0 saturated heterocycles. The van der Waals surface area contributed by atoms with Crippen LogP contribution in [0.1, 0.15) is 54.0 Å². The summed E-state index contributed by atoms with van der Waals surface area (Å²) in [4.78, 5) is 25.3. The van der Waals surface area contributed by atoms with Gasteiger partial charge in [0.15, 0.2) is 0 Å². The number of ether oxygens (including phenoxy) is 1. The van der Waals surface area contributed by atoms with Crippen LogP contribution in [0.25, 0.3) is 16.7 Å². The fourth-order valence-corrected chi connectivity index (χ4v) is 4.37. The van der Waals surface area contributed by atoms with Crippen LogP contribution >= 0.6 is 11.3 Å². The van der Waals surface area contributed by atoms with Gasteiger partial charge in [-0.05, 0) is 49.9 Å². The number of H-pyrrole nitrogens is 1. The van der Waals surface area contributed by atoms with Crippen molar-refractivity contribution in [2.75, 3.05) is 0 Å². The molecule has 0 atom stereocenters. The Labute approximate surface area is 171 Å². The minimum atomic E-state index is -0.124. The highest BCUT2D eigenvalue weighted by atomic mass is 32.1. The van der Waals surface area contributed by atoms with Crippen LogP contribution in [0.4, 0.5) is 0 Å². The van der Waals surface area contributed by atoms with Gasteiger partial charge in [-0.1, -0.05) is 0 Å². The zero-order valence-corrected chi connectivity index (χ0v) is 16.6. The zero-order chi connectivity index (χ0) is 19.4. The van der Waals surface area contributed by atoms with E-state index < -0.39 is 0 Å². The molecule has 7 heteroatoms.